The summed E-state index contributed by atoms with van der Waals surface area (Å²) >= 11 is 1.25. The van der Waals surface area contributed by atoms with Crippen molar-refractivity contribution in [1.82, 2.24) is 4.90 Å². The number of methoxy groups -OCH3 is 1. The number of aryl methyl sites for hydroxylation is 1. The van der Waals surface area contributed by atoms with Crippen LogP contribution in [0.1, 0.15) is 51.5 Å². The Morgan fingerprint density at radius 1 is 1.03 bits per heavy atom. The van der Waals surface area contributed by atoms with Crippen molar-refractivity contribution in [3.05, 3.63) is 29.8 Å². The summed E-state index contributed by atoms with van der Waals surface area (Å²) < 4.78 is 67.8. The lowest BCUT2D eigenvalue weighted by Crippen LogP contribution is -2.68. The van der Waals surface area contributed by atoms with Crippen molar-refractivity contribution in [1.29, 1.82) is 0 Å². The maximum Gasteiger partial charge on any atom is 0.419 e. The largest absolute Gasteiger partial charge is 0.497 e. The lowest BCUT2D eigenvalue weighted by atomic mass is 9.81. The van der Waals surface area contributed by atoms with Crippen LogP contribution in [-0.2, 0) is 20.6 Å². The number of amidine groups is 1. The first-order valence-corrected chi connectivity index (χ1v) is 14.2. The van der Waals surface area contributed by atoms with Gasteiger partial charge in [-0.1, -0.05) is 50.6 Å². The molecule has 2 aliphatic rings. The Labute approximate surface area is 228 Å². The van der Waals surface area contributed by atoms with Crippen LogP contribution in [0.3, 0.4) is 0 Å². The molecule has 1 N–H and O–H groups in total. The van der Waals surface area contributed by atoms with Crippen LogP contribution in [0.2, 0.25) is 0 Å². The number of aliphatic imine (C=N–C) groups is 1. The second-order valence-electron chi connectivity index (χ2n) is 9.99. The van der Waals surface area contributed by atoms with Gasteiger partial charge in [0.25, 0.3) is 0 Å². The number of benzene rings is 1. The van der Waals surface area contributed by atoms with Crippen LogP contribution < -0.4 is 4.74 Å². The van der Waals surface area contributed by atoms with Crippen molar-refractivity contribution in [2.45, 2.75) is 93.9 Å². The molecule has 0 spiro atoms. The summed E-state index contributed by atoms with van der Waals surface area (Å²) in [5, 5.41) is 12.1. The smallest absolute Gasteiger partial charge is 0.419 e. The molecule has 7 nitrogen and oxygen atoms in total. The molecule has 0 amide bonds. The quantitative estimate of drug-likeness (QED) is 0.338. The van der Waals surface area contributed by atoms with E-state index in [4.69, 9.17) is 23.9 Å². The van der Waals surface area contributed by atoms with Crippen molar-refractivity contribution in [3.8, 4) is 5.75 Å². The Morgan fingerprint density at radius 2 is 1.63 bits per heavy atom. The molecule has 38 heavy (non-hydrogen) atoms. The molecule has 1 aromatic carbocycles. The minimum absolute atomic E-state index is 0.0103. The molecule has 2 aliphatic heterocycles. The molecule has 3 rings (SSSR count). The fourth-order valence-electron chi connectivity index (χ4n) is 4.60. The molecule has 0 saturated carbocycles. The fourth-order valence-corrected chi connectivity index (χ4v) is 5.73. The SMILES string of the molecule is CCCCO[C@@H]1[C@H]2N=C(N(C)C)S[C@H]2O[C@H](C(O)(CCc2ccc(OC)cc2)C(F)(F)F)[C@H]1OCCCC. The molecular weight excluding hydrogens is 521 g/mol. The predicted octanol–water partition coefficient (Wildman–Crippen LogP) is 5.05. The number of ether oxygens (including phenoxy) is 4. The Bertz CT molecular complexity index is 902. The predicted molar refractivity (Wildman–Crippen MR) is 143 cm³/mol. The van der Waals surface area contributed by atoms with Gasteiger partial charge in [-0.05, 0) is 43.4 Å². The minimum atomic E-state index is -4.97. The standard InChI is InChI=1S/C27H41F3N2O5S/c1-6-8-16-35-21-20-24(38-25(31-20)32(3)4)37-23(22(21)36-17-9-7-2)26(33,27(28,29)30)15-14-18-10-12-19(34-5)13-11-18/h10-13,20-24,33H,6-9,14-17H2,1-5H3/t20-,21-,22+,23+,24-,26?/m1/s1. The van der Waals surface area contributed by atoms with E-state index in [0.717, 1.165) is 19.3 Å². The molecule has 0 radical (unpaired) electrons. The van der Waals surface area contributed by atoms with Gasteiger partial charge in [-0.15, -0.1) is 0 Å². The zero-order valence-electron chi connectivity index (χ0n) is 22.9. The molecule has 1 fully saturated rings. The molecule has 6 atom stereocenters. The zero-order chi connectivity index (χ0) is 27.9. The lowest BCUT2D eigenvalue weighted by molar-refractivity contribution is -0.331. The van der Waals surface area contributed by atoms with Crippen LogP contribution in [-0.4, -0.2) is 91.2 Å². The molecule has 11 heteroatoms. The second-order valence-corrected chi connectivity index (χ2v) is 11.1. The van der Waals surface area contributed by atoms with Crippen LogP contribution >= 0.6 is 11.8 Å². The Morgan fingerprint density at radius 3 is 2.16 bits per heavy atom. The van der Waals surface area contributed by atoms with Crippen molar-refractivity contribution in [3.63, 3.8) is 0 Å². The van der Waals surface area contributed by atoms with Gasteiger partial charge in [0.05, 0.1) is 7.11 Å². The first-order chi connectivity index (χ1) is 18.1. The Kier molecular flexibility index (Phi) is 11.2. The van der Waals surface area contributed by atoms with Gasteiger partial charge < -0.3 is 29.0 Å². The molecule has 2 heterocycles. The maximum atomic E-state index is 14.8. The summed E-state index contributed by atoms with van der Waals surface area (Å²) in [5.74, 6) is 0.605. The van der Waals surface area contributed by atoms with Crippen molar-refractivity contribution < 1.29 is 37.2 Å². The fraction of sp³-hybridized carbons (Fsp3) is 0.741. The van der Waals surface area contributed by atoms with Crippen LogP contribution in [0, 0.1) is 0 Å². The molecule has 1 aromatic rings. The number of hydrogen-bond donors (Lipinski definition) is 1. The molecule has 0 bridgehead atoms. The van der Waals surface area contributed by atoms with E-state index in [1.165, 1.54) is 18.9 Å². The lowest BCUT2D eigenvalue weighted by Gasteiger charge is -2.49. The van der Waals surface area contributed by atoms with E-state index in [9.17, 15) is 18.3 Å². The topological polar surface area (TPSA) is 72.8 Å². The van der Waals surface area contributed by atoms with Crippen LogP contribution in [0.25, 0.3) is 0 Å². The van der Waals surface area contributed by atoms with Crippen LogP contribution in [0.5, 0.6) is 5.75 Å². The second kappa shape index (κ2) is 13.7. The van der Waals surface area contributed by atoms with E-state index in [2.05, 4.69) is 0 Å². The Balaban J connectivity index is 1.97. The third kappa shape index (κ3) is 7.15. The summed E-state index contributed by atoms with van der Waals surface area (Å²) in [5.41, 5.74) is -3.25. The first-order valence-electron chi connectivity index (χ1n) is 13.3. The van der Waals surface area contributed by atoms with E-state index >= 15 is 0 Å². The number of thioether (sulfide) groups is 1. The van der Waals surface area contributed by atoms with E-state index in [1.807, 2.05) is 27.9 Å². The minimum Gasteiger partial charge on any atom is -0.497 e. The highest BCUT2D eigenvalue weighted by Gasteiger charge is 2.66. The van der Waals surface area contributed by atoms with Crippen LogP contribution in [0.15, 0.2) is 29.3 Å². The summed E-state index contributed by atoms with van der Waals surface area (Å²) in [7, 11) is 5.17. The third-order valence-corrected chi connectivity index (χ3v) is 8.22. The van der Waals surface area contributed by atoms with Crippen LogP contribution in [0.4, 0.5) is 13.2 Å². The summed E-state index contributed by atoms with van der Waals surface area (Å²) in [6.45, 7) is 4.59. The van der Waals surface area contributed by atoms with E-state index < -0.39 is 48.0 Å². The summed E-state index contributed by atoms with van der Waals surface area (Å²) in [6.07, 6.45) is -6.09. The molecule has 216 valence electrons. The monoisotopic (exact) mass is 562 g/mol. The van der Waals surface area contributed by atoms with Gasteiger partial charge in [0.2, 0.25) is 0 Å². The number of nitrogens with zero attached hydrogens (tertiary/aromatic N) is 2. The number of halogens is 3. The molecule has 1 unspecified atom stereocenters. The Hall–Kier alpha value is -1.53. The molecular formula is C27H41F3N2O5S. The molecule has 1 saturated heterocycles. The highest BCUT2D eigenvalue weighted by Crippen LogP contribution is 2.47. The number of aliphatic hydroxyl groups is 1. The first kappa shape index (κ1) is 31.0. The maximum absolute atomic E-state index is 14.8. The van der Waals surface area contributed by atoms with Gasteiger partial charge in [0.15, 0.2) is 10.8 Å². The highest BCUT2D eigenvalue weighted by atomic mass is 32.2. The van der Waals surface area contributed by atoms with Gasteiger partial charge in [-0.25, -0.2) is 0 Å². The number of alkyl halides is 3. The number of hydrogen-bond acceptors (Lipinski definition) is 8. The van der Waals surface area contributed by atoms with Gasteiger partial charge >= 0.3 is 6.18 Å². The number of fused-ring (bicyclic) bond motifs is 1. The van der Waals surface area contributed by atoms with E-state index in [0.29, 0.717) is 29.5 Å². The van der Waals surface area contributed by atoms with Gasteiger partial charge in [0, 0.05) is 27.3 Å². The van der Waals surface area contributed by atoms with Crippen molar-refractivity contribution in [2.75, 3.05) is 34.4 Å². The highest BCUT2D eigenvalue weighted by molar-refractivity contribution is 8.14. The number of rotatable bonds is 13. The molecule has 0 aliphatic carbocycles. The average molecular weight is 563 g/mol. The summed E-state index contributed by atoms with van der Waals surface area (Å²) in [4.78, 5) is 6.54. The van der Waals surface area contributed by atoms with Crippen molar-refractivity contribution >= 4 is 16.9 Å². The number of unbranched alkanes of at least 4 members (excludes halogenated alkanes) is 2. The normalized spacial score (nSPS) is 27.0. The molecule has 0 aromatic heterocycles. The zero-order valence-corrected chi connectivity index (χ0v) is 23.7. The average Bonchev–Trinajstić information content (AvgIpc) is 3.32. The summed E-state index contributed by atoms with van der Waals surface area (Å²) in [6, 6.07) is 6.23. The van der Waals surface area contributed by atoms with Gasteiger partial charge in [0.1, 0.15) is 35.5 Å². The van der Waals surface area contributed by atoms with Gasteiger partial charge in [-0.3, -0.25) is 4.99 Å². The van der Waals surface area contributed by atoms with E-state index in [-0.39, 0.29) is 13.0 Å². The van der Waals surface area contributed by atoms with E-state index in [1.54, 1.807) is 29.2 Å². The van der Waals surface area contributed by atoms with Gasteiger partial charge in [-0.2, -0.15) is 13.2 Å². The van der Waals surface area contributed by atoms with Crippen molar-refractivity contribution in [2.24, 2.45) is 4.99 Å². The third-order valence-electron chi connectivity index (χ3n) is 6.91.